The minimum Gasteiger partial charge on any atom is -0.462 e. The molecular formula is C27H28F3N3O3S. The van der Waals surface area contributed by atoms with E-state index in [1.807, 2.05) is 19.9 Å². The molecule has 6 nitrogen and oxygen atoms in total. The Morgan fingerprint density at radius 2 is 1.95 bits per heavy atom. The smallest absolute Gasteiger partial charge is 0.416 e. The van der Waals surface area contributed by atoms with Gasteiger partial charge in [-0.15, -0.1) is 0 Å². The van der Waals surface area contributed by atoms with E-state index in [1.54, 1.807) is 36.9 Å². The lowest BCUT2D eigenvalue weighted by molar-refractivity contribution is -0.141. The van der Waals surface area contributed by atoms with Gasteiger partial charge in [0.25, 0.3) is 5.91 Å². The minimum absolute atomic E-state index is 0.103. The Balaban J connectivity index is 1.65. The fourth-order valence-corrected chi connectivity index (χ4v) is 5.24. The van der Waals surface area contributed by atoms with Gasteiger partial charge in [-0.2, -0.15) is 13.2 Å². The van der Waals surface area contributed by atoms with Crippen molar-refractivity contribution in [1.82, 2.24) is 4.90 Å². The maximum atomic E-state index is 13.2. The van der Waals surface area contributed by atoms with Gasteiger partial charge >= 0.3 is 12.1 Å². The van der Waals surface area contributed by atoms with Crippen LogP contribution in [0.3, 0.4) is 0 Å². The number of nitrogens with zero attached hydrogens (tertiary/aromatic N) is 2. The molecule has 1 fully saturated rings. The van der Waals surface area contributed by atoms with Crippen LogP contribution in [0.15, 0.2) is 64.8 Å². The van der Waals surface area contributed by atoms with Crippen LogP contribution in [0.5, 0.6) is 0 Å². The summed E-state index contributed by atoms with van der Waals surface area (Å²) in [5.74, 6) is 0.0000571. The third-order valence-electron chi connectivity index (χ3n) is 5.94. The monoisotopic (exact) mass is 531 g/mol. The lowest BCUT2D eigenvalue weighted by atomic mass is 9.94. The fraction of sp³-hybridized carbons (Fsp3) is 0.370. The Bertz CT molecular complexity index is 1260. The first kappa shape index (κ1) is 26.8. The number of hydrogen-bond donors (Lipinski definition) is 1. The summed E-state index contributed by atoms with van der Waals surface area (Å²) in [7, 11) is 0. The third-order valence-corrected chi connectivity index (χ3v) is 7.02. The van der Waals surface area contributed by atoms with Gasteiger partial charge in [0.2, 0.25) is 0 Å². The van der Waals surface area contributed by atoms with Crippen molar-refractivity contribution in [3.05, 3.63) is 76.5 Å². The molecule has 1 unspecified atom stereocenters. The summed E-state index contributed by atoms with van der Waals surface area (Å²) in [6, 6.07) is 10.8. The largest absolute Gasteiger partial charge is 0.462 e. The van der Waals surface area contributed by atoms with E-state index < -0.39 is 29.7 Å². The van der Waals surface area contributed by atoms with Gasteiger partial charge in [-0.25, -0.2) is 9.79 Å². The summed E-state index contributed by atoms with van der Waals surface area (Å²) in [5, 5.41) is 3.52. The molecule has 2 heterocycles. The Hall–Kier alpha value is -3.27. The van der Waals surface area contributed by atoms with Crippen LogP contribution < -0.4 is 5.32 Å². The summed E-state index contributed by atoms with van der Waals surface area (Å²) in [6.07, 6.45) is -3.63. The van der Waals surface area contributed by atoms with Crippen molar-refractivity contribution in [3.8, 4) is 0 Å². The van der Waals surface area contributed by atoms with E-state index in [0.717, 1.165) is 35.0 Å². The van der Waals surface area contributed by atoms with E-state index in [-0.39, 0.29) is 18.1 Å². The van der Waals surface area contributed by atoms with Crippen LogP contribution in [0.2, 0.25) is 0 Å². The first-order valence-corrected chi connectivity index (χ1v) is 13.0. The van der Waals surface area contributed by atoms with Crippen molar-refractivity contribution < 1.29 is 27.5 Å². The van der Waals surface area contributed by atoms with E-state index in [1.165, 1.54) is 12.1 Å². The SMILES string of the molecule is CC1=C(C(=O)OCC(C)C)C(c2cccc(NC(=O)c3cccc(C(F)(F)F)c3)c2)N2CCCSC2=N1. The lowest BCUT2D eigenvalue weighted by Gasteiger charge is -2.40. The first-order valence-electron chi connectivity index (χ1n) is 12.0. The molecule has 10 heteroatoms. The standard InChI is InChI=1S/C27H28F3N3O3S/c1-16(2)15-36-25(35)22-17(3)31-26-33(11-6-12-37-26)23(22)18-7-5-10-21(14-18)32-24(34)19-8-4-9-20(13-19)27(28,29)30/h4-5,7-10,13-14,16,23H,6,11-12,15H2,1-3H3,(H,32,34). The molecule has 1 saturated heterocycles. The fourth-order valence-electron chi connectivity index (χ4n) is 4.22. The number of hydrogen-bond acceptors (Lipinski definition) is 6. The Morgan fingerprint density at radius 1 is 1.19 bits per heavy atom. The average molecular weight is 532 g/mol. The molecule has 1 atom stereocenters. The highest BCUT2D eigenvalue weighted by Crippen LogP contribution is 2.40. The van der Waals surface area contributed by atoms with Gasteiger partial charge in [0.1, 0.15) is 0 Å². The zero-order chi connectivity index (χ0) is 26.7. The molecule has 0 bridgehead atoms. The zero-order valence-electron chi connectivity index (χ0n) is 20.8. The van der Waals surface area contributed by atoms with E-state index in [9.17, 15) is 22.8 Å². The molecule has 2 aromatic rings. The number of thioether (sulfide) groups is 1. The summed E-state index contributed by atoms with van der Waals surface area (Å²) in [6.45, 7) is 6.69. The summed E-state index contributed by atoms with van der Waals surface area (Å²) >= 11 is 1.62. The molecule has 0 aliphatic carbocycles. The maximum Gasteiger partial charge on any atom is 0.416 e. The number of anilines is 1. The molecular weight excluding hydrogens is 503 g/mol. The zero-order valence-corrected chi connectivity index (χ0v) is 21.6. The van der Waals surface area contributed by atoms with Crippen LogP contribution in [0.25, 0.3) is 0 Å². The van der Waals surface area contributed by atoms with Gasteiger partial charge in [-0.1, -0.05) is 43.8 Å². The molecule has 0 radical (unpaired) electrons. The second-order valence-electron chi connectivity index (χ2n) is 9.34. The lowest BCUT2D eigenvalue weighted by Crippen LogP contribution is -2.42. The number of esters is 1. The first-order chi connectivity index (χ1) is 17.5. The predicted molar refractivity (Wildman–Crippen MR) is 138 cm³/mol. The Labute approximate surface area is 218 Å². The number of halogens is 3. The molecule has 0 aromatic heterocycles. The van der Waals surface area contributed by atoms with Crippen LogP contribution in [0.1, 0.15) is 54.7 Å². The van der Waals surface area contributed by atoms with Crippen molar-refractivity contribution in [1.29, 1.82) is 0 Å². The quantitative estimate of drug-likeness (QED) is 0.444. The topological polar surface area (TPSA) is 71.0 Å². The van der Waals surface area contributed by atoms with Gasteiger partial charge < -0.3 is 15.0 Å². The second kappa shape index (κ2) is 11.0. The number of ether oxygens (including phenoxy) is 1. The molecule has 0 spiro atoms. The van der Waals surface area contributed by atoms with E-state index in [0.29, 0.717) is 23.5 Å². The highest BCUT2D eigenvalue weighted by molar-refractivity contribution is 8.13. The Morgan fingerprint density at radius 3 is 2.68 bits per heavy atom. The summed E-state index contributed by atoms with van der Waals surface area (Å²) in [5.41, 5.74) is 1.17. The number of allylic oxidation sites excluding steroid dienone is 1. The van der Waals surface area contributed by atoms with Gasteiger partial charge in [-0.05, 0) is 55.2 Å². The number of carbonyl (C=O) groups is 2. The summed E-state index contributed by atoms with van der Waals surface area (Å²) < 4.78 is 44.9. The molecule has 37 heavy (non-hydrogen) atoms. The second-order valence-corrected chi connectivity index (χ2v) is 10.4. The number of alkyl halides is 3. The number of nitrogens with one attached hydrogen (secondary N) is 1. The van der Waals surface area contributed by atoms with Gasteiger partial charge in [-0.3, -0.25) is 4.79 Å². The van der Waals surface area contributed by atoms with Crippen molar-refractivity contribution in [2.24, 2.45) is 10.9 Å². The summed E-state index contributed by atoms with van der Waals surface area (Å²) in [4.78, 5) is 32.7. The molecule has 0 saturated carbocycles. The van der Waals surface area contributed by atoms with Crippen molar-refractivity contribution in [3.63, 3.8) is 0 Å². The third kappa shape index (κ3) is 6.18. The molecule has 196 valence electrons. The number of aliphatic imine (C=N–C) groups is 1. The average Bonchev–Trinajstić information content (AvgIpc) is 2.86. The van der Waals surface area contributed by atoms with Gasteiger partial charge in [0.05, 0.1) is 29.5 Å². The van der Waals surface area contributed by atoms with Crippen LogP contribution in [0.4, 0.5) is 18.9 Å². The number of rotatable bonds is 6. The normalized spacial score (nSPS) is 17.9. The van der Waals surface area contributed by atoms with Gasteiger partial charge in [0.15, 0.2) is 5.17 Å². The van der Waals surface area contributed by atoms with Crippen LogP contribution in [0, 0.1) is 5.92 Å². The molecule has 1 amide bonds. The minimum atomic E-state index is -4.55. The number of amidine groups is 1. The maximum absolute atomic E-state index is 13.2. The van der Waals surface area contributed by atoms with Gasteiger partial charge in [0, 0.05) is 23.5 Å². The van der Waals surface area contributed by atoms with Crippen molar-refractivity contribution >= 4 is 34.5 Å². The Kier molecular flexibility index (Phi) is 7.96. The molecule has 4 rings (SSSR count). The van der Waals surface area contributed by atoms with Crippen LogP contribution in [-0.4, -0.2) is 40.8 Å². The van der Waals surface area contributed by atoms with Crippen LogP contribution in [-0.2, 0) is 15.7 Å². The molecule has 2 aliphatic heterocycles. The van der Waals surface area contributed by atoms with Crippen molar-refractivity contribution in [2.45, 2.75) is 39.4 Å². The van der Waals surface area contributed by atoms with E-state index in [4.69, 9.17) is 4.74 Å². The molecule has 2 aliphatic rings. The predicted octanol–water partition coefficient (Wildman–Crippen LogP) is 6.28. The van der Waals surface area contributed by atoms with Crippen molar-refractivity contribution in [2.75, 3.05) is 24.2 Å². The number of carbonyl (C=O) groups excluding carboxylic acids is 2. The molecule has 2 aromatic carbocycles. The van der Waals surface area contributed by atoms with E-state index >= 15 is 0 Å². The van der Waals surface area contributed by atoms with Crippen LogP contribution >= 0.6 is 11.8 Å². The number of fused-ring (bicyclic) bond motifs is 1. The number of amides is 1. The van der Waals surface area contributed by atoms with E-state index in [2.05, 4.69) is 15.2 Å². The number of benzene rings is 2. The highest BCUT2D eigenvalue weighted by atomic mass is 32.2. The highest BCUT2D eigenvalue weighted by Gasteiger charge is 2.38. The molecule has 1 N–H and O–H groups in total.